The maximum absolute atomic E-state index is 11.8. The summed E-state index contributed by atoms with van der Waals surface area (Å²) in [5.74, 6) is -2.13. The van der Waals surface area contributed by atoms with Crippen molar-refractivity contribution in [3.8, 4) is 0 Å². The third-order valence-electron chi connectivity index (χ3n) is 2.71. The number of aliphatic carboxylic acids is 2. The van der Waals surface area contributed by atoms with Gasteiger partial charge in [-0.05, 0) is 18.8 Å². The van der Waals surface area contributed by atoms with Gasteiger partial charge in [-0.3, -0.25) is 9.59 Å². The van der Waals surface area contributed by atoms with Gasteiger partial charge in [0.1, 0.15) is 6.04 Å². The maximum Gasteiger partial charge on any atom is 0.326 e. The standard InChI is InChI=1S/C12H21NO5/c1-8(2)4-6-10(14)13(3)9(12(17)18)5-7-11(15)16/h8-9H,4-7H2,1-3H3,(H,15,16)(H,17,18). The first-order chi connectivity index (χ1) is 8.25. The van der Waals surface area contributed by atoms with Gasteiger partial charge in [0.15, 0.2) is 0 Å². The van der Waals surface area contributed by atoms with E-state index >= 15 is 0 Å². The summed E-state index contributed by atoms with van der Waals surface area (Å²) in [7, 11) is 1.41. The van der Waals surface area contributed by atoms with Crippen LogP contribution in [0.2, 0.25) is 0 Å². The fourth-order valence-corrected chi connectivity index (χ4v) is 1.51. The first kappa shape index (κ1) is 16.4. The fraction of sp³-hybridized carbons (Fsp3) is 0.750. The summed E-state index contributed by atoms with van der Waals surface area (Å²) in [4.78, 5) is 34.3. The Morgan fingerprint density at radius 3 is 2.00 bits per heavy atom. The van der Waals surface area contributed by atoms with Crippen molar-refractivity contribution in [1.82, 2.24) is 4.90 Å². The Kier molecular flexibility index (Phi) is 7.00. The second kappa shape index (κ2) is 7.68. The van der Waals surface area contributed by atoms with E-state index in [2.05, 4.69) is 0 Å². The Labute approximate surface area is 107 Å². The molecule has 6 nitrogen and oxygen atoms in total. The monoisotopic (exact) mass is 259 g/mol. The van der Waals surface area contributed by atoms with E-state index in [9.17, 15) is 14.4 Å². The van der Waals surface area contributed by atoms with Crippen molar-refractivity contribution in [2.24, 2.45) is 5.92 Å². The Morgan fingerprint density at radius 1 is 1.06 bits per heavy atom. The molecule has 0 saturated heterocycles. The minimum absolute atomic E-state index is 0.0748. The molecule has 0 aliphatic heterocycles. The number of amides is 1. The zero-order valence-corrected chi connectivity index (χ0v) is 11.0. The van der Waals surface area contributed by atoms with Crippen LogP contribution in [0.5, 0.6) is 0 Å². The van der Waals surface area contributed by atoms with Crippen LogP contribution in [-0.4, -0.2) is 46.0 Å². The predicted molar refractivity (Wildman–Crippen MR) is 65.1 cm³/mol. The Bertz CT molecular complexity index is 314. The molecule has 0 aromatic heterocycles. The topological polar surface area (TPSA) is 94.9 Å². The van der Waals surface area contributed by atoms with Crippen LogP contribution in [0.1, 0.15) is 39.5 Å². The average Bonchev–Trinajstić information content (AvgIpc) is 2.24. The SMILES string of the molecule is CC(C)CCC(=O)N(C)C(CCC(=O)O)C(=O)O. The van der Waals surface area contributed by atoms with Gasteiger partial charge >= 0.3 is 11.9 Å². The summed E-state index contributed by atoms with van der Waals surface area (Å²) in [6.07, 6.45) is 0.632. The van der Waals surface area contributed by atoms with Crippen molar-refractivity contribution in [1.29, 1.82) is 0 Å². The number of carboxylic acid groups (broad SMARTS) is 2. The first-order valence-electron chi connectivity index (χ1n) is 5.96. The lowest BCUT2D eigenvalue weighted by Gasteiger charge is -2.24. The molecule has 18 heavy (non-hydrogen) atoms. The minimum atomic E-state index is -1.17. The molecular formula is C12H21NO5. The van der Waals surface area contributed by atoms with Gasteiger partial charge < -0.3 is 15.1 Å². The van der Waals surface area contributed by atoms with Gasteiger partial charge in [-0.1, -0.05) is 13.8 Å². The lowest BCUT2D eigenvalue weighted by atomic mass is 10.1. The van der Waals surface area contributed by atoms with Gasteiger partial charge in [-0.2, -0.15) is 0 Å². The van der Waals surface area contributed by atoms with E-state index in [0.717, 1.165) is 4.90 Å². The van der Waals surface area contributed by atoms with E-state index in [-0.39, 0.29) is 25.2 Å². The molecule has 0 radical (unpaired) electrons. The number of carbonyl (C=O) groups excluding carboxylic acids is 1. The number of carbonyl (C=O) groups is 3. The van der Waals surface area contributed by atoms with Crippen molar-refractivity contribution >= 4 is 17.8 Å². The van der Waals surface area contributed by atoms with Gasteiger partial charge in [-0.25, -0.2) is 4.79 Å². The maximum atomic E-state index is 11.8. The third-order valence-corrected chi connectivity index (χ3v) is 2.71. The highest BCUT2D eigenvalue weighted by molar-refractivity contribution is 5.83. The summed E-state index contributed by atoms with van der Waals surface area (Å²) in [5.41, 5.74) is 0. The van der Waals surface area contributed by atoms with Crippen molar-refractivity contribution in [3.63, 3.8) is 0 Å². The highest BCUT2D eigenvalue weighted by Gasteiger charge is 2.26. The van der Waals surface area contributed by atoms with Crippen LogP contribution in [0.3, 0.4) is 0 Å². The van der Waals surface area contributed by atoms with Gasteiger partial charge in [0.2, 0.25) is 5.91 Å². The summed E-state index contributed by atoms with van der Waals surface area (Å²) in [6, 6.07) is -1.07. The zero-order chi connectivity index (χ0) is 14.3. The third kappa shape index (κ3) is 6.22. The number of hydrogen-bond acceptors (Lipinski definition) is 3. The van der Waals surface area contributed by atoms with Crippen molar-refractivity contribution < 1.29 is 24.6 Å². The Morgan fingerprint density at radius 2 is 1.61 bits per heavy atom. The molecule has 2 N–H and O–H groups in total. The number of likely N-dealkylation sites (N-methyl/N-ethyl adjacent to an activating group) is 1. The van der Waals surface area contributed by atoms with Gasteiger partial charge in [-0.15, -0.1) is 0 Å². The lowest BCUT2D eigenvalue weighted by Crippen LogP contribution is -2.42. The van der Waals surface area contributed by atoms with Crippen LogP contribution in [0.25, 0.3) is 0 Å². The minimum Gasteiger partial charge on any atom is -0.481 e. The predicted octanol–water partition coefficient (Wildman–Crippen LogP) is 1.20. The van der Waals surface area contributed by atoms with Crippen molar-refractivity contribution in [2.75, 3.05) is 7.05 Å². The summed E-state index contributed by atoms with van der Waals surface area (Å²) in [6.45, 7) is 3.96. The quantitative estimate of drug-likeness (QED) is 0.683. The molecule has 1 atom stereocenters. The van der Waals surface area contributed by atoms with E-state index in [4.69, 9.17) is 10.2 Å². The van der Waals surface area contributed by atoms with Crippen LogP contribution in [0.15, 0.2) is 0 Å². The molecule has 0 aromatic rings. The van der Waals surface area contributed by atoms with Crippen LogP contribution >= 0.6 is 0 Å². The van der Waals surface area contributed by atoms with E-state index in [1.165, 1.54) is 7.05 Å². The number of carboxylic acids is 2. The lowest BCUT2D eigenvalue weighted by molar-refractivity contribution is -0.150. The first-order valence-corrected chi connectivity index (χ1v) is 5.96. The van der Waals surface area contributed by atoms with Gasteiger partial charge in [0.25, 0.3) is 0 Å². The normalized spacial score (nSPS) is 12.2. The second-order valence-corrected chi connectivity index (χ2v) is 4.72. The van der Waals surface area contributed by atoms with E-state index in [0.29, 0.717) is 12.3 Å². The molecule has 0 aromatic carbocycles. The molecule has 0 bridgehead atoms. The molecule has 6 heteroatoms. The molecule has 0 aliphatic carbocycles. The number of nitrogens with zero attached hydrogens (tertiary/aromatic N) is 1. The molecule has 1 amide bonds. The van der Waals surface area contributed by atoms with Crippen LogP contribution in [0.4, 0.5) is 0 Å². The molecular weight excluding hydrogens is 238 g/mol. The highest BCUT2D eigenvalue weighted by atomic mass is 16.4. The number of rotatable bonds is 8. The molecule has 1 unspecified atom stereocenters. The Balaban J connectivity index is 4.45. The van der Waals surface area contributed by atoms with Gasteiger partial charge in [0.05, 0.1) is 0 Å². The summed E-state index contributed by atoms with van der Waals surface area (Å²) >= 11 is 0. The van der Waals surface area contributed by atoms with Crippen molar-refractivity contribution in [3.05, 3.63) is 0 Å². The molecule has 104 valence electrons. The van der Waals surface area contributed by atoms with Gasteiger partial charge in [0, 0.05) is 19.9 Å². The highest BCUT2D eigenvalue weighted by Crippen LogP contribution is 2.11. The Hall–Kier alpha value is -1.59. The van der Waals surface area contributed by atoms with E-state index in [1.807, 2.05) is 13.8 Å². The van der Waals surface area contributed by atoms with E-state index < -0.39 is 18.0 Å². The smallest absolute Gasteiger partial charge is 0.326 e. The van der Waals surface area contributed by atoms with Crippen LogP contribution in [0, 0.1) is 5.92 Å². The summed E-state index contributed by atoms with van der Waals surface area (Å²) in [5, 5.41) is 17.5. The van der Waals surface area contributed by atoms with Crippen LogP contribution in [-0.2, 0) is 14.4 Å². The zero-order valence-electron chi connectivity index (χ0n) is 11.0. The largest absolute Gasteiger partial charge is 0.481 e. The van der Waals surface area contributed by atoms with Crippen molar-refractivity contribution in [2.45, 2.75) is 45.6 Å². The molecule has 0 spiro atoms. The second-order valence-electron chi connectivity index (χ2n) is 4.72. The molecule has 0 aliphatic rings. The molecule has 0 fully saturated rings. The van der Waals surface area contributed by atoms with E-state index in [1.54, 1.807) is 0 Å². The molecule has 0 heterocycles. The number of hydrogen-bond donors (Lipinski definition) is 2. The summed E-state index contributed by atoms with van der Waals surface area (Å²) < 4.78 is 0. The molecule has 0 saturated carbocycles. The van der Waals surface area contributed by atoms with Crippen LogP contribution < -0.4 is 0 Å². The fourth-order valence-electron chi connectivity index (χ4n) is 1.51. The molecule has 0 rings (SSSR count). The average molecular weight is 259 g/mol.